The van der Waals surface area contributed by atoms with Gasteiger partial charge in [0.15, 0.2) is 0 Å². The number of aromatic nitrogens is 2. The van der Waals surface area contributed by atoms with Crippen LogP contribution in [0.25, 0.3) is 11.0 Å². The summed E-state index contributed by atoms with van der Waals surface area (Å²) in [7, 11) is 0. The number of nitrogens with zero attached hydrogens (tertiary/aromatic N) is 3. The molecule has 0 radical (unpaired) electrons. The van der Waals surface area contributed by atoms with E-state index in [1.54, 1.807) is 11.3 Å². The molecule has 1 amide bonds. The zero-order chi connectivity index (χ0) is 18.2. The molecule has 1 atom stereocenters. The number of benzene rings is 1. The Morgan fingerprint density at radius 3 is 2.93 bits per heavy atom. The van der Waals surface area contributed by atoms with E-state index in [1.165, 1.54) is 15.3 Å². The topological polar surface area (TPSA) is 38.1 Å². The van der Waals surface area contributed by atoms with Gasteiger partial charge < -0.3 is 9.47 Å². The molecule has 1 aliphatic rings. The fraction of sp³-hybridized carbons (Fsp3) is 0.238. The predicted molar refractivity (Wildman–Crippen MR) is 110 cm³/mol. The van der Waals surface area contributed by atoms with Gasteiger partial charge in [0.2, 0.25) is 5.91 Å². The molecule has 0 N–H and O–H groups in total. The summed E-state index contributed by atoms with van der Waals surface area (Å²) in [5.41, 5.74) is 3.36. The van der Waals surface area contributed by atoms with Crippen molar-refractivity contribution in [3.05, 3.63) is 74.9 Å². The monoisotopic (exact) mass is 393 g/mol. The van der Waals surface area contributed by atoms with E-state index in [-0.39, 0.29) is 11.9 Å². The van der Waals surface area contributed by atoms with Crippen molar-refractivity contribution in [1.82, 2.24) is 14.5 Å². The van der Waals surface area contributed by atoms with Gasteiger partial charge in [-0.2, -0.15) is 0 Å². The first-order chi connectivity index (χ1) is 13.3. The van der Waals surface area contributed by atoms with Gasteiger partial charge in [-0.05, 0) is 47.0 Å². The third kappa shape index (κ3) is 2.99. The zero-order valence-electron chi connectivity index (χ0n) is 14.7. The Kier molecular flexibility index (Phi) is 4.30. The van der Waals surface area contributed by atoms with Gasteiger partial charge in [0.1, 0.15) is 0 Å². The van der Waals surface area contributed by atoms with Crippen molar-refractivity contribution < 1.29 is 4.79 Å². The number of rotatable bonds is 4. The zero-order valence-corrected chi connectivity index (χ0v) is 16.4. The molecule has 5 rings (SSSR count). The second kappa shape index (κ2) is 6.94. The largest absolute Gasteiger partial charge is 0.330 e. The summed E-state index contributed by atoms with van der Waals surface area (Å²) in [4.78, 5) is 22.3. The van der Waals surface area contributed by atoms with Crippen LogP contribution in [0, 0.1) is 0 Å². The second-order valence-electron chi connectivity index (χ2n) is 6.73. The molecular weight excluding hydrogens is 374 g/mol. The smallest absolute Gasteiger partial charge is 0.225 e. The van der Waals surface area contributed by atoms with E-state index in [2.05, 4.69) is 49.5 Å². The van der Waals surface area contributed by atoms with Crippen LogP contribution in [0.1, 0.15) is 27.8 Å². The molecule has 4 nitrogen and oxygen atoms in total. The summed E-state index contributed by atoms with van der Waals surface area (Å²) in [6, 6.07) is 14.5. The second-order valence-corrected chi connectivity index (χ2v) is 8.71. The van der Waals surface area contributed by atoms with E-state index in [9.17, 15) is 4.79 Å². The summed E-state index contributed by atoms with van der Waals surface area (Å²) < 4.78 is 2.08. The number of aryl methyl sites for hydroxylation is 1. The Balaban J connectivity index is 1.39. The Morgan fingerprint density at radius 1 is 1.11 bits per heavy atom. The molecule has 0 fully saturated rings. The molecule has 1 unspecified atom stereocenters. The van der Waals surface area contributed by atoms with Gasteiger partial charge in [0, 0.05) is 29.3 Å². The Hall–Kier alpha value is -2.44. The van der Waals surface area contributed by atoms with Gasteiger partial charge in [-0.25, -0.2) is 4.98 Å². The molecular formula is C21H19N3OS2. The van der Waals surface area contributed by atoms with Crippen molar-refractivity contribution in [3.8, 4) is 0 Å². The first-order valence-corrected chi connectivity index (χ1v) is 10.9. The molecule has 4 aromatic rings. The van der Waals surface area contributed by atoms with E-state index >= 15 is 0 Å². The number of amides is 1. The molecule has 6 heteroatoms. The predicted octanol–water partition coefficient (Wildman–Crippen LogP) is 4.72. The molecule has 1 aliphatic heterocycles. The van der Waals surface area contributed by atoms with Crippen LogP contribution in [0.4, 0.5) is 0 Å². The Morgan fingerprint density at radius 2 is 2.04 bits per heavy atom. The highest BCUT2D eigenvalue weighted by Crippen LogP contribution is 2.39. The maximum absolute atomic E-state index is 13.2. The maximum Gasteiger partial charge on any atom is 0.225 e. The minimum atomic E-state index is 0.0621. The summed E-state index contributed by atoms with van der Waals surface area (Å²) >= 11 is 3.54. The molecule has 0 saturated heterocycles. The van der Waals surface area contributed by atoms with Crippen LogP contribution in [0.5, 0.6) is 0 Å². The molecule has 0 aliphatic carbocycles. The first-order valence-electron chi connectivity index (χ1n) is 9.10. The average Bonchev–Trinajstić information content (AvgIpc) is 3.45. The molecule has 27 heavy (non-hydrogen) atoms. The molecule has 0 bridgehead atoms. The number of carbonyl (C=O) groups excluding carboxylic acids is 1. The van der Waals surface area contributed by atoms with Crippen molar-refractivity contribution in [2.45, 2.75) is 25.4 Å². The average molecular weight is 394 g/mol. The van der Waals surface area contributed by atoms with Crippen LogP contribution >= 0.6 is 22.7 Å². The first kappa shape index (κ1) is 16.7. The van der Waals surface area contributed by atoms with Crippen molar-refractivity contribution in [2.24, 2.45) is 0 Å². The molecule has 136 valence electrons. The Bertz CT molecular complexity index is 1080. The van der Waals surface area contributed by atoms with E-state index < -0.39 is 0 Å². The van der Waals surface area contributed by atoms with E-state index in [4.69, 9.17) is 0 Å². The van der Waals surface area contributed by atoms with Gasteiger partial charge >= 0.3 is 0 Å². The quantitative estimate of drug-likeness (QED) is 0.503. The fourth-order valence-electron chi connectivity index (χ4n) is 3.89. The SMILES string of the molecule is O=C(CCn1cnc2ccccc21)N1CCc2sccc2C1c1cccs1. The van der Waals surface area contributed by atoms with Crippen molar-refractivity contribution in [3.63, 3.8) is 0 Å². The number of thiophene rings is 2. The van der Waals surface area contributed by atoms with Crippen LogP contribution in [-0.4, -0.2) is 26.9 Å². The lowest BCUT2D eigenvalue weighted by Crippen LogP contribution is -2.40. The summed E-state index contributed by atoms with van der Waals surface area (Å²) in [6.45, 7) is 1.45. The standard InChI is InChI=1S/C21H19N3OS2/c25-20(8-10-23-14-22-16-4-1-2-5-17(16)23)24-11-7-18-15(9-13-27-18)21(24)19-6-3-12-26-19/h1-6,9,12-14,21H,7-8,10-11H2. The maximum atomic E-state index is 13.2. The van der Waals surface area contributed by atoms with Crippen molar-refractivity contribution in [2.75, 3.05) is 6.54 Å². The van der Waals surface area contributed by atoms with Crippen LogP contribution in [-0.2, 0) is 17.8 Å². The molecule has 1 aromatic carbocycles. The number of para-hydroxylation sites is 2. The van der Waals surface area contributed by atoms with Gasteiger partial charge in [0.25, 0.3) is 0 Å². The van der Waals surface area contributed by atoms with Crippen molar-refractivity contribution in [1.29, 1.82) is 0 Å². The summed E-state index contributed by atoms with van der Waals surface area (Å²) in [6.07, 6.45) is 3.28. The summed E-state index contributed by atoms with van der Waals surface area (Å²) in [5, 5.41) is 4.24. The molecule has 3 aromatic heterocycles. The number of fused-ring (bicyclic) bond motifs is 2. The van der Waals surface area contributed by atoms with E-state index in [1.807, 2.05) is 35.9 Å². The normalized spacial score (nSPS) is 16.6. The van der Waals surface area contributed by atoms with Crippen molar-refractivity contribution >= 4 is 39.6 Å². The number of imidazole rings is 1. The van der Waals surface area contributed by atoms with Crippen LogP contribution in [0.15, 0.2) is 59.6 Å². The van der Waals surface area contributed by atoms with Gasteiger partial charge in [0.05, 0.1) is 23.4 Å². The molecule has 0 saturated carbocycles. The lowest BCUT2D eigenvalue weighted by Gasteiger charge is -2.35. The lowest BCUT2D eigenvalue weighted by atomic mass is 9.98. The van der Waals surface area contributed by atoms with Crippen LogP contribution in [0.2, 0.25) is 0 Å². The molecule has 4 heterocycles. The highest BCUT2D eigenvalue weighted by molar-refractivity contribution is 7.10. The van der Waals surface area contributed by atoms with Crippen LogP contribution in [0.3, 0.4) is 0 Å². The highest BCUT2D eigenvalue weighted by atomic mass is 32.1. The minimum absolute atomic E-state index is 0.0621. The number of carbonyl (C=O) groups is 1. The third-order valence-electron chi connectivity index (χ3n) is 5.19. The number of hydrogen-bond donors (Lipinski definition) is 0. The van der Waals surface area contributed by atoms with Crippen LogP contribution < -0.4 is 0 Å². The van der Waals surface area contributed by atoms with E-state index in [0.717, 1.165) is 24.0 Å². The third-order valence-corrected chi connectivity index (χ3v) is 7.11. The van der Waals surface area contributed by atoms with E-state index in [0.29, 0.717) is 13.0 Å². The highest BCUT2D eigenvalue weighted by Gasteiger charge is 2.33. The fourth-order valence-corrected chi connectivity index (χ4v) is 5.65. The molecule has 0 spiro atoms. The van der Waals surface area contributed by atoms with Gasteiger partial charge in [-0.3, -0.25) is 4.79 Å². The number of hydrogen-bond acceptors (Lipinski definition) is 4. The lowest BCUT2D eigenvalue weighted by molar-refractivity contribution is -0.133. The van der Waals surface area contributed by atoms with Gasteiger partial charge in [-0.1, -0.05) is 18.2 Å². The minimum Gasteiger partial charge on any atom is -0.330 e. The van der Waals surface area contributed by atoms with Gasteiger partial charge in [-0.15, -0.1) is 22.7 Å². The summed E-state index contributed by atoms with van der Waals surface area (Å²) in [5.74, 6) is 0.211. The Labute approximate surface area is 165 Å².